The van der Waals surface area contributed by atoms with E-state index in [0.717, 1.165) is 0 Å². The summed E-state index contributed by atoms with van der Waals surface area (Å²) in [7, 11) is 0. The summed E-state index contributed by atoms with van der Waals surface area (Å²) < 4.78 is 10.2. The first kappa shape index (κ1) is 18.8. The monoisotopic (exact) mass is 404 g/mol. The molecular weight excluding hydrogens is 392 g/mol. The van der Waals surface area contributed by atoms with Gasteiger partial charge in [0.2, 0.25) is 0 Å². The van der Waals surface area contributed by atoms with Gasteiger partial charge in [0.25, 0.3) is 0 Å². The van der Waals surface area contributed by atoms with Crippen molar-refractivity contribution in [3.8, 4) is 11.1 Å². The molecule has 0 bridgehead atoms. The fourth-order valence-corrected chi connectivity index (χ4v) is 3.49. The van der Waals surface area contributed by atoms with Crippen molar-refractivity contribution in [2.24, 2.45) is 4.99 Å². The minimum absolute atomic E-state index is 0.198. The zero-order chi connectivity index (χ0) is 19.4. The molecule has 7 nitrogen and oxygen atoms in total. The average Bonchev–Trinajstić information content (AvgIpc) is 3.27. The van der Waals surface area contributed by atoms with Crippen LogP contribution in [-0.2, 0) is 4.74 Å². The number of rotatable bonds is 6. The SMILES string of the molecule is CCOC(=O)c1c(-c2ccccc2Cl)csc1N=Cc1ccc([N+](=O)[O-])o1. The molecule has 0 N–H and O–H groups in total. The smallest absolute Gasteiger partial charge is 0.433 e. The van der Waals surface area contributed by atoms with Crippen LogP contribution < -0.4 is 0 Å². The number of aliphatic imine (C=N–C) groups is 1. The van der Waals surface area contributed by atoms with E-state index in [4.69, 9.17) is 20.8 Å². The Hall–Kier alpha value is -2.97. The number of ether oxygens (including phenoxy) is 1. The largest absolute Gasteiger partial charge is 0.462 e. The Balaban J connectivity index is 2.02. The molecule has 2 heterocycles. The van der Waals surface area contributed by atoms with Crippen LogP contribution in [0.2, 0.25) is 5.02 Å². The molecule has 27 heavy (non-hydrogen) atoms. The van der Waals surface area contributed by atoms with Gasteiger partial charge < -0.3 is 9.15 Å². The summed E-state index contributed by atoms with van der Waals surface area (Å²) in [6.45, 7) is 1.93. The van der Waals surface area contributed by atoms with E-state index >= 15 is 0 Å². The predicted molar refractivity (Wildman–Crippen MR) is 103 cm³/mol. The number of nitrogens with zero attached hydrogens (tertiary/aromatic N) is 2. The number of hydrogen-bond donors (Lipinski definition) is 0. The summed E-state index contributed by atoms with van der Waals surface area (Å²) in [5.41, 5.74) is 1.59. The summed E-state index contributed by atoms with van der Waals surface area (Å²) in [5.74, 6) is -0.708. The summed E-state index contributed by atoms with van der Waals surface area (Å²) >= 11 is 7.50. The van der Waals surface area contributed by atoms with Crippen LogP contribution in [0.25, 0.3) is 11.1 Å². The lowest BCUT2D eigenvalue weighted by Crippen LogP contribution is -2.05. The van der Waals surface area contributed by atoms with E-state index in [1.165, 1.54) is 29.7 Å². The summed E-state index contributed by atoms with van der Waals surface area (Å²) in [5, 5.41) is 13.3. The van der Waals surface area contributed by atoms with Crippen molar-refractivity contribution < 1.29 is 18.9 Å². The highest BCUT2D eigenvalue weighted by molar-refractivity contribution is 7.14. The molecule has 0 atom stereocenters. The summed E-state index contributed by atoms with van der Waals surface area (Å²) in [6.07, 6.45) is 1.32. The standard InChI is InChI=1S/C18H13ClN2O5S/c1-2-25-18(22)16-13(12-5-3-4-6-14(12)19)10-27-17(16)20-9-11-7-8-15(26-11)21(23)24/h3-10H,2H2,1H3. The second-order valence-electron chi connectivity index (χ2n) is 5.22. The number of benzene rings is 1. The van der Waals surface area contributed by atoms with E-state index in [0.29, 0.717) is 21.2 Å². The van der Waals surface area contributed by atoms with Gasteiger partial charge in [-0.2, -0.15) is 0 Å². The molecule has 0 radical (unpaired) electrons. The lowest BCUT2D eigenvalue weighted by atomic mass is 10.0. The lowest BCUT2D eigenvalue weighted by molar-refractivity contribution is -0.402. The Morgan fingerprint density at radius 3 is 2.78 bits per heavy atom. The molecule has 0 amide bonds. The number of esters is 1. The van der Waals surface area contributed by atoms with Crippen LogP contribution in [0.5, 0.6) is 0 Å². The number of hydrogen-bond acceptors (Lipinski definition) is 7. The third-order valence-electron chi connectivity index (χ3n) is 3.52. The molecular formula is C18H13ClN2O5S. The van der Waals surface area contributed by atoms with Crippen LogP contribution in [0.1, 0.15) is 23.0 Å². The Morgan fingerprint density at radius 1 is 1.33 bits per heavy atom. The van der Waals surface area contributed by atoms with E-state index in [1.807, 2.05) is 6.07 Å². The van der Waals surface area contributed by atoms with Gasteiger partial charge in [-0.25, -0.2) is 9.79 Å². The number of thiophene rings is 1. The number of carbonyl (C=O) groups is 1. The van der Waals surface area contributed by atoms with Gasteiger partial charge in [0.15, 0.2) is 5.76 Å². The maximum absolute atomic E-state index is 12.5. The number of furan rings is 1. The molecule has 3 aromatic rings. The fraction of sp³-hybridized carbons (Fsp3) is 0.111. The molecule has 138 valence electrons. The predicted octanol–water partition coefficient (Wildman–Crippen LogP) is 5.50. The van der Waals surface area contributed by atoms with Crippen molar-refractivity contribution in [1.82, 2.24) is 0 Å². The number of halogens is 1. The molecule has 0 saturated carbocycles. The third-order valence-corrected chi connectivity index (χ3v) is 4.73. The van der Waals surface area contributed by atoms with E-state index in [-0.39, 0.29) is 23.8 Å². The van der Waals surface area contributed by atoms with Crippen molar-refractivity contribution >= 4 is 46.0 Å². The highest BCUT2D eigenvalue weighted by Crippen LogP contribution is 2.40. The van der Waals surface area contributed by atoms with Crippen LogP contribution in [0, 0.1) is 10.1 Å². The molecule has 1 aromatic carbocycles. The van der Waals surface area contributed by atoms with Gasteiger partial charge in [0.1, 0.15) is 15.5 Å². The zero-order valence-corrected chi connectivity index (χ0v) is 15.6. The first-order valence-electron chi connectivity index (χ1n) is 7.83. The maximum atomic E-state index is 12.5. The lowest BCUT2D eigenvalue weighted by Gasteiger charge is -2.07. The molecule has 0 aliphatic heterocycles. The topological polar surface area (TPSA) is 94.9 Å². The maximum Gasteiger partial charge on any atom is 0.433 e. The normalized spacial score (nSPS) is 11.0. The van der Waals surface area contributed by atoms with Crippen LogP contribution in [-0.4, -0.2) is 23.7 Å². The molecule has 2 aromatic heterocycles. The molecule has 0 aliphatic carbocycles. The van der Waals surface area contributed by atoms with Gasteiger partial charge in [0, 0.05) is 21.5 Å². The number of carbonyl (C=O) groups excluding carboxylic acids is 1. The van der Waals surface area contributed by atoms with E-state index in [2.05, 4.69) is 4.99 Å². The Bertz CT molecular complexity index is 1020. The summed E-state index contributed by atoms with van der Waals surface area (Å²) in [4.78, 5) is 26.8. The Kier molecular flexibility index (Phi) is 5.68. The van der Waals surface area contributed by atoms with Crippen molar-refractivity contribution in [3.63, 3.8) is 0 Å². The van der Waals surface area contributed by atoms with Gasteiger partial charge in [-0.15, -0.1) is 11.3 Å². The van der Waals surface area contributed by atoms with Crippen LogP contribution >= 0.6 is 22.9 Å². The molecule has 0 saturated heterocycles. The van der Waals surface area contributed by atoms with Gasteiger partial charge in [-0.1, -0.05) is 29.8 Å². The number of nitro groups is 1. The Labute approximate surface area is 163 Å². The third kappa shape index (κ3) is 4.07. The van der Waals surface area contributed by atoms with Gasteiger partial charge >= 0.3 is 11.9 Å². The molecule has 9 heteroatoms. The summed E-state index contributed by atoms with van der Waals surface area (Å²) in [6, 6.07) is 9.81. The van der Waals surface area contributed by atoms with Crippen molar-refractivity contribution in [2.75, 3.05) is 6.61 Å². The van der Waals surface area contributed by atoms with Crippen LogP contribution in [0.4, 0.5) is 10.9 Å². The molecule has 0 fully saturated rings. The van der Waals surface area contributed by atoms with Gasteiger partial charge in [0.05, 0.1) is 18.9 Å². The fourth-order valence-electron chi connectivity index (χ4n) is 2.35. The van der Waals surface area contributed by atoms with Crippen molar-refractivity contribution in [2.45, 2.75) is 6.92 Å². The van der Waals surface area contributed by atoms with E-state index < -0.39 is 10.9 Å². The van der Waals surface area contributed by atoms with E-state index in [1.54, 1.807) is 30.5 Å². The first-order valence-corrected chi connectivity index (χ1v) is 9.08. The highest BCUT2D eigenvalue weighted by atomic mass is 35.5. The second kappa shape index (κ2) is 8.15. The van der Waals surface area contributed by atoms with Crippen molar-refractivity contribution in [1.29, 1.82) is 0 Å². The quantitative estimate of drug-likeness (QED) is 0.234. The van der Waals surface area contributed by atoms with Crippen LogP contribution in [0.3, 0.4) is 0 Å². The average molecular weight is 405 g/mol. The molecule has 3 rings (SSSR count). The highest BCUT2D eigenvalue weighted by Gasteiger charge is 2.22. The molecule has 0 spiro atoms. The van der Waals surface area contributed by atoms with Crippen LogP contribution in [0.15, 0.2) is 51.2 Å². The first-order chi connectivity index (χ1) is 13.0. The zero-order valence-electron chi connectivity index (χ0n) is 14.0. The van der Waals surface area contributed by atoms with Gasteiger partial charge in [-0.3, -0.25) is 10.1 Å². The minimum atomic E-state index is -0.637. The second-order valence-corrected chi connectivity index (χ2v) is 6.49. The van der Waals surface area contributed by atoms with E-state index in [9.17, 15) is 14.9 Å². The van der Waals surface area contributed by atoms with Gasteiger partial charge in [-0.05, 0) is 19.1 Å². The van der Waals surface area contributed by atoms with Crippen molar-refractivity contribution in [3.05, 3.63) is 68.2 Å². The minimum Gasteiger partial charge on any atom is -0.462 e. The molecule has 0 unspecified atom stereocenters. The Morgan fingerprint density at radius 2 is 2.11 bits per heavy atom. The molecule has 0 aliphatic rings.